The molecule has 64 valence electrons. The Kier molecular flexibility index (Phi) is 5.53. The van der Waals surface area contributed by atoms with E-state index in [1.807, 2.05) is 6.92 Å². The van der Waals surface area contributed by atoms with Crippen LogP contribution in [0.4, 0.5) is 0 Å². The van der Waals surface area contributed by atoms with Crippen LogP contribution in [0.3, 0.4) is 0 Å². The number of rotatable bonds is 4. The SMILES string of the molecule is CCN=C(CC)/C(=C\N)CC. The fourth-order valence-electron chi connectivity index (χ4n) is 1.05. The van der Waals surface area contributed by atoms with Gasteiger partial charge in [-0.15, -0.1) is 0 Å². The third-order valence-electron chi connectivity index (χ3n) is 1.64. The van der Waals surface area contributed by atoms with Gasteiger partial charge in [-0.1, -0.05) is 13.8 Å². The lowest BCUT2D eigenvalue weighted by molar-refractivity contribution is 1.06. The summed E-state index contributed by atoms with van der Waals surface area (Å²) in [6.07, 6.45) is 3.62. The van der Waals surface area contributed by atoms with Crippen LogP contribution in [0, 0.1) is 0 Å². The Labute approximate surface area is 69.2 Å². The molecule has 0 aromatic carbocycles. The smallest absolute Gasteiger partial charge is 0.0391 e. The summed E-state index contributed by atoms with van der Waals surface area (Å²) in [4.78, 5) is 4.35. The summed E-state index contributed by atoms with van der Waals surface area (Å²) < 4.78 is 0. The van der Waals surface area contributed by atoms with Crippen molar-refractivity contribution >= 4 is 5.71 Å². The van der Waals surface area contributed by atoms with Crippen LogP contribution in [0.25, 0.3) is 0 Å². The van der Waals surface area contributed by atoms with E-state index in [1.54, 1.807) is 6.20 Å². The largest absolute Gasteiger partial charge is 0.404 e. The van der Waals surface area contributed by atoms with Crippen molar-refractivity contribution in [3.05, 3.63) is 11.8 Å². The number of hydrogen-bond donors (Lipinski definition) is 1. The Bertz CT molecular complexity index is 157. The summed E-state index contributed by atoms with van der Waals surface area (Å²) in [5.41, 5.74) is 7.77. The second-order valence-corrected chi connectivity index (χ2v) is 2.32. The van der Waals surface area contributed by atoms with Gasteiger partial charge in [0, 0.05) is 12.3 Å². The van der Waals surface area contributed by atoms with E-state index in [0.29, 0.717) is 0 Å². The fraction of sp³-hybridized carbons (Fsp3) is 0.667. The number of hydrogen-bond acceptors (Lipinski definition) is 2. The molecule has 2 heteroatoms. The standard InChI is InChI=1S/C9H18N2/c1-4-8(7-10)9(5-2)11-6-3/h7H,4-6,10H2,1-3H3/b8-7-,11-9?. The average Bonchev–Trinajstić information content (AvgIpc) is 2.05. The van der Waals surface area contributed by atoms with Gasteiger partial charge in [0.15, 0.2) is 0 Å². The molecular formula is C9H18N2. The first-order valence-electron chi connectivity index (χ1n) is 4.24. The van der Waals surface area contributed by atoms with Crippen LogP contribution in [0.15, 0.2) is 16.8 Å². The van der Waals surface area contributed by atoms with Crippen molar-refractivity contribution in [2.75, 3.05) is 6.54 Å². The highest BCUT2D eigenvalue weighted by atomic mass is 14.7. The number of allylic oxidation sites excluding steroid dienone is 1. The molecule has 0 fully saturated rings. The monoisotopic (exact) mass is 154 g/mol. The average molecular weight is 154 g/mol. The van der Waals surface area contributed by atoms with Crippen molar-refractivity contribution in [2.45, 2.75) is 33.6 Å². The van der Waals surface area contributed by atoms with Crippen molar-refractivity contribution in [3.63, 3.8) is 0 Å². The molecule has 2 N–H and O–H groups in total. The van der Waals surface area contributed by atoms with Gasteiger partial charge in [0.1, 0.15) is 0 Å². The summed E-state index contributed by atoms with van der Waals surface area (Å²) in [6.45, 7) is 7.09. The number of aliphatic imine (C=N–C) groups is 1. The predicted octanol–water partition coefficient (Wildman–Crippen LogP) is 2.11. The van der Waals surface area contributed by atoms with Gasteiger partial charge in [-0.2, -0.15) is 0 Å². The molecule has 0 spiro atoms. The van der Waals surface area contributed by atoms with Gasteiger partial charge in [-0.05, 0) is 31.5 Å². The maximum atomic E-state index is 5.45. The summed E-state index contributed by atoms with van der Waals surface area (Å²) >= 11 is 0. The molecule has 0 saturated carbocycles. The summed E-state index contributed by atoms with van der Waals surface area (Å²) in [5.74, 6) is 0. The van der Waals surface area contributed by atoms with Crippen LogP contribution in [0.1, 0.15) is 33.6 Å². The highest BCUT2D eigenvalue weighted by Gasteiger charge is 1.99. The van der Waals surface area contributed by atoms with E-state index < -0.39 is 0 Å². The highest BCUT2D eigenvalue weighted by Crippen LogP contribution is 2.05. The first kappa shape index (κ1) is 10.2. The number of nitrogens with zero attached hydrogens (tertiary/aromatic N) is 1. The molecule has 0 atom stereocenters. The molecule has 0 aromatic heterocycles. The van der Waals surface area contributed by atoms with Crippen LogP contribution in [0.2, 0.25) is 0 Å². The highest BCUT2D eigenvalue weighted by molar-refractivity contribution is 5.99. The van der Waals surface area contributed by atoms with Gasteiger partial charge in [-0.25, -0.2) is 0 Å². The lowest BCUT2D eigenvalue weighted by atomic mass is 10.1. The van der Waals surface area contributed by atoms with Crippen molar-refractivity contribution in [2.24, 2.45) is 10.7 Å². The third kappa shape index (κ3) is 3.21. The lowest BCUT2D eigenvalue weighted by Gasteiger charge is -2.04. The Morgan fingerprint density at radius 2 is 1.91 bits per heavy atom. The fourth-order valence-corrected chi connectivity index (χ4v) is 1.05. The van der Waals surface area contributed by atoms with E-state index in [0.717, 1.165) is 25.1 Å². The van der Waals surface area contributed by atoms with Gasteiger partial charge in [0.2, 0.25) is 0 Å². The zero-order valence-corrected chi connectivity index (χ0v) is 7.72. The van der Waals surface area contributed by atoms with Crippen LogP contribution < -0.4 is 5.73 Å². The normalized spacial score (nSPS) is 13.7. The van der Waals surface area contributed by atoms with Crippen molar-refractivity contribution in [3.8, 4) is 0 Å². The molecule has 0 amide bonds. The second-order valence-electron chi connectivity index (χ2n) is 2.32. The summed E-state index contributed by atoms with van der Waals surface area (Å²) in [7, 11) is 0. The zero-order chi connectivity index (χ0) is 8.69. The summed E-state index contributed by atoms with van der Waals surface area (Å²) in [6, 6.07) is 0. The molecule has 11 heavy (non-hydrogen) atoms. The zero-order valence-electron chi connectivity index (χ0n) is 7.72. The molecule has 0 rings (SSSR count). The van der Waals surface area contributed by atoms with E-state index in [4.69, 9.17) is 5.73 Å². The second kappa shape index (κ2) is 5.96. The minimum absolute atomic E-state index is 0.848. The molecule has 0 radical (unpaired) electrons. The van der Waals surface area contributed by atoms with Gasteiger partial charge in [0.25, 0.3) is 0 Å². The Balaban J connectivity index is 4.35. The quantitative estimate of drug-likeness (QED) is 0.619. The molecular weight excluding hydrogens is 136 g/mol. The lowest BCUT2D eigenvalue weighted by Crippen LogP contribution is -2.03. The van der Waals surface area contributed by atoms with E-state index in [2.05, 4.69) is 18.8 Å². The van der Waals surface area contributed by atoms with E-state index in [-0.39, 0.29) is 0 Å². The first-order valence-corrected chi connectivity index (χ1v) is 4.24. The summed E-state index contributed by atoms with van der Waals surface area (Å²) in [5, 5.41) is 0. The molecule has 2 nitrogen and oxygen atoms in total. The Morgan fingerprint density at radius 3 is 2.18 bits per heavy atom. The number of nitrogens with two attached hydrogens (primary N) is 1. The Hall–Kier alpha value is -0.790. The minimum Gasteiger partial charge on any atom is -0.404 e. The van der Waals surface area contributed by atoms with Crippen molar-refractivity contribution in [1.82, 2.24) is 0 Å². The third-order valence-corrected chi connectivity index (χ3v) is 1.64. The van der Waals surface area contributed by atoms with Gasteiger partial charge in [-0.3, -0.25) is 4.99 Å². The molecule has 0 heterocycles. The predicted molar refractivity (Wildman–Crippen MR) is 50.8 cm³/mol. The molecule has 0 bridgehead atoms. The topological polar surface area (TPSA) is 38.4 Å². The molecule has 0 saturated heterocycles. The van der Waals surface area contributed by atoms with Crippen molar-refractivity contribution < 1.29 is 0 Å². The molecule has 0 aliphatic rings. The Morgan fingerprint density at radius 1 is 1.27 bits per heavy atom. The maximum Gasteiger partial charge on any atom is 0.0391 e. The van der Waals surface area contributed by atoms with Gasteiger partial charge >= 0.3 is 0 Å². The van der Waals surface area contributed by atoms with Crippen LogP contribution in [-0.4, -0.2) is 12.3 Å². The van der Waals surface area contributed by atoms with Crippen molar-refractivity contribution in [1.29, 1.82) is 0 Å². The van der Waals surface area contributed by atoms with E-state index >= 15 is 0 Å². The first-order chi connectivity index (χ1) is 5.29. The van der Waals surface area contributed by atoms with Crippen LogP contribution >= 0.6 is 0 Å². The molecule has 0 aliphatic heterocycles. The maximum absolute atomic E-state index is 5.45. The van der Waals surface area contributed by atoms with Crippen LogP contribution in [-0.2, 0) is 0 Å². The molecule has 0 unspecified atom stereocenters. The molecule has 0 aliphatic carbocycles. The minimum atomic E-state index is 0.848. The van der Waals surface area contributed by atoms with Crippen LogP contribution in [0.5, 0.6) is 0 Å². The molecule has 0 aromatic rings. The van der Waals surface area contributed by atoms with E-state index in [1.165, 1.54) is 5.57 Å². The van der Waals surface area contributed by atoms with E-state index in [9.17, 15) is 0 Å². The van der Waals surface area contributed by atoms with Gasteiger partial charge in [0.05, 0.1) is 0 Å². The van der Waals surface area contributed by atoms with Gasteiger partial charge < -0.3 is 5.73 Å².